The van der Waals surface area contributed by atoms with Crippen LogP contribution < -0.4 is 0 Å². The molecule has 0 aliphatic heterocycles. The molecule has 0 aromatic heterocycles. The third-order valence-corrected chi connectivity index (χ3v) is 2.98. The molecule has 0 heterocycles. The Morgan fingerprint density at radius 1 is 1.50 bits per heavy atom. The fraction of sp³-hybridized carbons (Fsp3) is 0. The summed E-state index contributed by atoms with van der Waals surface area (Å²) in [5, 5.41) is 9.88. The Hall–Kier alpha value is -0.400. The van der Waals surface area contributed by atoms with Gasteiger partial charge >= 0.3 is 0 Å². The van der Waals surface area contributed by atoms with Crippen molar-refractivity contribution in [1.29, 1.82) is 0 Å². The molecule has 0 atom stereocenters. The minimum Gasteiger partial charge on any atom is -0.276 e. The average Bonchev–Trinajstić information content (AvgIpc) is 2.07. The van der Waals surface area contributed by atoms with Crippen LogP contribution in [0.15, 0.2) is 12.1 Å². The highest BCUT2D eigenvalue weighted by Crippen LogP contribution is 2.29. The second kappa shape index (κ2) is 4.41. The summed E-state index contributed by atoms with van der Waals surface area (Å²) in [5.41, 5.74) is -0.173. The van der Waals surface area contributed by atoms with Gasteiger partial charge in [0.15, 0.2) is 0 Å². The predicted molar refractivity (Wildman–Crippen MR) is 61.0 cm³/mol. The zero-order valence-corrected chi connectivity index (χ0v) is 10.1. The van der Waals surface area contributed by atoms with Crippen molar-refractivity contribution >= 4 is 56.7 Å². The minimum atomic E-state index is -0.764. The first-order chi connectivity index (χ1) is 6.43. The lowest BCUT2D eigenvalue weighted by atomic mass is 10.2. The summed E-state index contributed by atoms with van der Waals surface area (Å²) in [4.78, 5) is 20.8. The quantitative estimate of drug-likeness (QED) is 0.358. The van der Waals surface area contributed by atoms with Gasteiger partial charge < -0.3 is 0 Å². The van der Waals surface area contributed by atoms with Crippen LogP contribution in [0.2, 0.25) is 5.02 Å². The molecule has 1 aromatic carbocycles. The standard InChI is InChI=1S/C7H2Cl2INO3/c8-3-1-4(7(9)12)6(10)5(2-3)11(13)14/h1-2H. The molecule has 7 heteroatoms. The average molecular weight is 346 g/mol. The zero-order valence-electron chi connectivity index (χ0n) is 6.46. The summed E-state index contributed by atoms with van der Waals surface area (Å²) in [7, 11) is 0. The highest BCUT2D eigenvalue weighted by Gasteiger charge is 2.20. The van der Waals surface area contributed by atoms with E-state index in [4.69, 9.17) is 23.2 Å². The van der Waals surface area contributed by atoms with Gasteiger partial charge in [0.25, 0.3) is 10.9 Å². The van der Waals surface area contributed by atoms with E-state index < -0.39 is 10.2 Å². The lowest BCUT2D eigenvalue weighted by Gasteiger charge is -2.00. The maximum Gasteiger partial charge on any atom is 0.284 e. The van der Waals surface area contributed by atoms with Gasteiger partial charge in [-0.2, -0.15) is 0 Å². The number of carbonyl (C=O) groups excluding carboxylic acids is 1. The van der Waals surface area contributed by atoms with Gasteiger partial charge in [0.1, 0.15) is 3.57 Å². The van der Waals surface area contributed by atoms with Crippen molar-refractivity contribution in [2.24, 2.45) is 0 Å². The number of hydrogen-bond acceptors (Lipinski definition) is 3. The molecule has 74 valence electrons. The molecule has 0 aliphatic rings. The molecule has 0 unspecified atom stereocenters. The lowest BCUT2D eigenvalue weighted by Crippen LogP contribution is -1.99. The van der Waals surface area contributed by atoms with Crippen LogP contribution in [0.5, 0.6) is 0 Å². The van der Waals surface area contributed by atoms with Gasteiger partial charge in [0.05, 0.1) is 10.5 Å². The molecule has 0 amide bonds. The summed E-state index contributed by atoms with van der Waals surface area (Å²) in [6.45, 7) is 0. The third kappa shape index (κ3) is 2.34. The van der Waals surface area contributed by atoms with Crippen molar-refractivity contribution in [3.8, 4) is 0 Å². The first kappa shape index (κ1) is 11.7. The fourth-order valence-electron chi connectivity index (χ4n) is 0.851. The van der Waals surface area contributed by atoms with Crippen LogP contribution in [0.1, 0.15) is 10.4 Å². The number of nitrogens with zero attached hydrogens (tertiary/aromatic N) is 1. The topological polar surface area (TPSA) is 60.2 Å². The number of carbonyl (C=O) groups is 1. The van der Waals surface area contributed by atoms with E-state index in [1.165, 1.54) is 12.1 Å². The van der Waals surface area contributed by atoms with Gasteiger partial charge in [-0.15, -0.1) is 0 Å². The van der Waals surface area contributed by atoms with Crippen LogP contribution in [0.3, 0.4) is 0 Å². The zero-order chi connectivity index (χ0) is 10.9. The molecule has 14 heavy (non-hydrogen) atoms. The van der Waals surface area contributed by atoms with Gasteiger partial charge in [-0.1, -0.05) is 11.6 Å². The molecule has 4 nitrogen and oxygen atoms in total. The van der Waals surface area contributed by atoms with Crippen molar-refractivity contribution in [2.45, 2.75) is 0 Å². The minimum absolute atomic E-state index is 0.0477. The van der Waals surface area contributed by atoms with Crippen molar-refractivity contribution in [3.63, 3.8) is 0 Å². The molecular weight excluding hydrogens is 344 g/mol. The predicted octanol–water partition coefficient (Wildman–Crippen LogP) is 3.23. The van der Waals surface area contributed by atoms with Crippen LogP contribution >= 0.6 is 45.8 Å². The first-order valence-electron chi connectivity index (χ1n) is 3.26. The Kier molecular flexibility index (Phi) is 3.68. The Morgan fingerprint density at radius 3 is 2.50 bits per heavy atom. The van der Waals surface area contributed by atoms with Crippen LogP contribution in [0.25, 0.3) is 0 Å². The van der Waals surface area contributed by atoms with Gasteiger partial charge in [-0.25, -0.2) is 0 Å². The second-order valence-electron chi connectivity index (χ2n) is 2.32. The van der Waals surface area contributed by atoms with Crippen molar-refractivity contribution in [1.82, 2.24) is 0 Å². The van der Waals surface area contributed by atoms with E-state index in [9.17, 15) is 14.9 Å². The largest absolute Gasteiger partial charge is 0.284 e. The monoisotopic (exact) mass is 345 g/mol. The van der Waals surface area contributed by atoms with E-state index in [1.54, 1.807) is 22.6 Å². The first-order valence-corrected chi connectivity index (χ1v) is 5.10. The number of hydrogen-bond donors (Lipinski definition) is 0. The van der Waals surface area contributed by atoms with Crippen LogP contribution in [-0.4, -0.2) is 10.2 Å². The molecule has 0 saturated carbocycles. The summed E-state index contributed by atoms with van der Waals surface area (Å²) in [5.74, 6) is 0. The highest BCUT2D eigenvalue weighted by atomic mass is 127. The van der Waals surface area contributed by atoms with E-state index in [2.05, 4.69) is 0 Å². The van der Waals surface area contributed by atoms with Crippen molar-refractivity contribution < 1.29 is 9.72 Å². The van der Waals surface area contributed by atoms with Gasteiger partial charge in [-0.3, -0.25) is 14.9 Å². The molecule has 0 aliphatic carbocycles. The second-order valence-corrected chi connectivity index (χ2v) is 4.18. The smallest absolute Gasteiger partial charge is 0.276 e. The van der Waals surface area contributed by atoms with Crippen molar-refractivity contribution in [3.05, 3.63) is 36.4 Å². The van der Waals surface area contributed by atoms with E-state index in [-0.39, 0.29) is 19.8 Å². The Labute approximate surface area is 102 Å². The SMILES string of the molecule is O=C(Cl)c1cc(Cl)cc([N+](=O)[O-])c1I. The molecule has 0 N–H and O–H groups in total. The lowest BCUT2D eigenvalue weighted by molar-refractivity contribution is -0.385. The van der Waals surface area contributed by atoms with E-state index in [0.29, 0.717) is 0 Å². The number of nitro groups is 1. The maximum absolute atomic E-state index is 10.9. The Bertz CT molecular complexity index is 386. The highest BCUT2D eigenvalue weighted by molar-refractivity contribution is 14.1. The molecule has 1 aromatic rings. The van der Waals surface area contributed by atoms with Crippen LogP contribution in [-0.2, 0) is 0 Å². The molecule has 0 bridgehead atoms. The summed E-state index contributed by atoms with van der Waals surface area (Å²) in [6.07, 6.45) is 0. The van der Waals surface area contributed by atoms with Gasteiger partial charge in [0.2, 0.25) is 0 Å². The number of rotatable bonds is 2. The van der Waals surface area contributed by atoms with Crippen LogP contribution in [0.4, 0.5) is 5.69 Å². The Balaban J connectivity index is 3.47. The molecule has 0 fully saturated rings. The summed E-state index contributed by atoms with van der Waals surface area (Å²) >= 11 is 12.5. The summed E-state index contributed by atoms with van der Waals surface area (Å²) in [6, 6.07) is 2.47. The fourth-order valence-corrected chi connectivity index (χ4v) is 2.12. The van der Waals surface area contributed by atoms with Crippen LogP contribution in [0, 0.1) is 13.7 Å². The molecule has 0 radical (unpaired) electrons. The normalized spacial score (nSPS) is 9.93. The van der Waals surface area contributed by atoms with E-state index >= 15 is 0 Å². The molecular formula is C7H2Cl2INO3. The summed E-state index contributed by atoms with van der Waals surface area (Å²) < 4.78 is 0.192. The molecule has 1 rings (SSSR count). The van der Waals surface area contributed by atoms with E-state index in [1.807, 2.05) is 0 Å². The number of nitro benzene ring substituents is 1. The maximum atomic E-state index is 10.9. The molecule has 0 saturated heterocycles. The Morgan fingerprint density at radius 2 is 2.07 bits per heavy atom. The van der Waals surface area contributed by atoms with E-state index in [0.717, 1.165) is 0 Å². The van der Waals surface area contributed by atoms with Crippen molar-refractivity contribution in [2.75, 3.05) is 0 Å². The number of benzene rings is 1. The third-order valence-electron chi connectivity index (χ3n) is 1.43. The molecule has 0 spiro atoms. The number of halogens is 3. The van der Waals surface area contributed by atoms with Gasteiger partial charge in [-0.05, 0) is 40.3 Å². The van der Waals surface area contributed by atoms with Gasteiger partial charge in [0, 0.05) is 11.1 Å².